The Balaban J connectivity index is 2.85. The Kier molecular flexibility index (Phi) is 7.42. The highest BCUT2D eigenvalue weighted by molar-refractivity contribution is 5.88. The number of alkyl carbamates (subject to hydrolysis) is 1. The van der Waals surface area contributed by atoms with Gasteiger partial charge in [0.15, 0.2) is 0 Å². The van der Waals surface area contributed by atoms with Gasteiger partial charge in [-0.05, 0) is 32.8 Å². The van der Waals surface area contributed by atoms with Crippen LogP contribution in [0.5, 0.6) is 0 Å². The van der Waals surface area contributed by atoms with Gasteiger partial charge in [0.05, 0.1) is 0 Å². The highest BCUT2D eigenvalue weighted by Crippen LogP contribution is 2.10. The van der Waals surface area contributed by atoms with E-state index < -0.39 is 36.2 Å². The third-order valence-electron chi connectivity index (χ3n) is 3.25. The van der Waals surface area contributed by atoms with Crippen molar-refractivity contribution in [2.24, 2.45) is 0 Å². The molecule has 0 aliphatic rings. The largest absolute Gasteiger partial charge is 0.480 e. The van der Waals surface area contributed by atoms with Gasteiger partial charge >= 0.3 is 12.1 Å². The lowest BCUT2D eigenvalue weighted by Crippen LogP contribution is -2.50. The molecule has 0 saturated carbocycles. The standard InChI is InChI=1S/C18H26N2O5/c1-5-14(19-17(24)25-18(2,3)4)16(23)20(12-15(21)22)11-13-9-7-6-8-10-13/h6-10,14H,5,11-12H2,1-4H3,(H,19,24)(H,21,22). The molecule has 0 spiro atoms. The van der Waals surface area contributed by atoms with E-state index in [4.69, 9.17) is 9.84 Å². The molecule has 0 radical (unpaired) electrons. The van der Waals surface area contributed by atoms with Gasteiger partial charge in [-0.25, -0.2) is 4.79 Å². The van der Waals surface area contributed by atoms with E-state index in [1.165, 1.54) is 4.90 Å². The Bertz CT molecular complexity index is 595. The summed E-state index contributed by atoms with van der Waals surface area (Å²) in [6, 6.07) is 8.24. The van der Waals surface area contributed by atoms with Crippen LogP contribution in [0.25, 0.3) is 0 Å². The number of carbonyl (C=O) groups is 3. The Morgan fingerprint density at radius 2 is 1.80 bits per heavy atom. The van der Waals surface area contributed by atoms with E-state index in [-0.39, 0.29) is 6.54 Å². The maximum absolute atomic E-state index is 12.7. The summed E-state index contributed by atoms with van der Waals surface area (Å²) in [7, 11) is 0. The monoisotopic (exact) mass is 350 g/mol. The topological polar surface area (TPSA) is 95.9 Å². The Labute approximate surface area is 148 Å². The molecule has 138 valence electrons. The predicted molar refractivity (Wildman–Crippen MR) is 92.9 cm³/mol. The summed E-state index contributed by atoms with van der Waals surface area (Å²) >= 11 is 0. The molecule has 0 heterocycles. The highest BCUT2D eigenvalue weighted by Gasteiger charge is 2.28. The maximum Gasteiger partial charge on any atom is 0.408 e. The number of ether oxygens (including phenoxy) is 1. The quantitative estimate of drug-likeness (QED) is 0.787. The maximum atomic E-state index is 12.7. The summed E-state index contributed by atoms with van der Waals surface area (Å²) < 4.78 is 5.16. The first kappa shape index (κ1) is 20.5. The molecule has 1 unspecified atom stereocenters. The number of nitrogens with zero attached hydrogens (tertiary/aromatic N) is 1. The Morgan fingerprint density at radius 3 is 2.28 bits per heavy atom. The zero-order valence-corrected chi connectivity index (χ0v) is 15.1. The number of aliphatic carboxylic acids is 1. The van der Waals surface area contributed by atoms with Gasteiger partial charge < -0.3 is 20.1 Å². The van der Waals surface area contributed by atoms with E-state index in [9.17, 15) is 14.4 Å². The molecule has 0 aromatic heterocycles. The summed E-state index contributed by atoms with van der Waals surface area (Å²) in [6.45, 7) is 6.62. The van der Waals surface area contributed by atoms with Gasteiger partial charge in [-0.3, -0.25) is 9.59 Å². The smallest absolute Gasteiger partial charge is 0.408 e. The Hall–Kier alpha value is -2.57. The molecule has 0 aliphatic carbocycles. The van der Waals surface area contributed by atoms with E-state index in [0.29, 0.717) is 6.42 Å². The second-order valence-electron chi connectivity index (χ2n) is 6.68. The van der Waals surface area contributed by atoms with E-state index in [0.717, 1.165) is 5.56 Å². The number of hydrogen-bond acceptors (Lipinski definition) is 4. The van der Waals surface area contributed by atoms with Gasteiger partial charge in [0, 0.05) is 6.54 Å². The first-order chi connectivity index (χ1) is 11.6. The molecule has 2 N–H and O–H groups in total. The molecule has 25 heavy (non-hydrogen) atoms. The van der Waals surface area contributed by atoms with Crippen molar-refractivity contribution in [3.05, 3.63) is 35.9 Å². The summed E-state index contributed by atoms with van der Waals surface area (Å²) in [5, 5.41) is 11.6. The normalized spacial score (nSPS) is 12.2. The summed E-state index contributed by atoms with van der Waals surface area (Å²) in [5.41, 5.74) is 0.125. The van der Waals surface area contributed by atoms with E-state index in [2.05, 4.69) is 5.32 Å². The molecular weight excluding hydrogens is 324 g/mol. The van der Waals surface area contributed by atoms with Crippen molar-refractivity contribution in [1.82, 2.24) is 10.2 Å². The molecular formula is C18H26N2O5. The molecule has 2 amide bonds. The fourth-order valence-electron chi connectivity index (χ4n) is 2.19. The predicted octanol–water partition coefficient (Wildman–Crippen LogP) is 2.40. The third-order valence-corrected chi connectivity index (χ3v) is 3.25. The number of rotatable bonds is 7. The summed E-state index contributed by atoms with van der Waals surface area (Å²) in [6.07, 6.45) is -0.383. The van der Waals surface area contributed by atoms with Crippen LogP contribution in [-0.4, -0.2) is 46.2 Å². The number of benzene rings is 1. The number of amides is 2. The van der Waals surface area contributed by atoms with Crippen LogP contribution in [0.4, 0.5) is 4.79 Å². The first-order valence-corrected chi connectivity index (χ1v) is 8.16. The SMILES string of the molecule is CCC(NC(=O)OC(C)(C)C)C(=O)N(CC(=O)O)Cc1ccccc1. The van der Waals surface area contributed by atoms with E-state index in [1.807, 2.05) is 30.3 Å². The van der Waals surface area contributed by atoms with Crippen molar-refractivity contribution >= 4 is 18.0 Å². The second-order valence-corrected chi connectivity index (χ2v) is 6.68. The molecule has 0 aliphatic heterocycles. The fraction of sp³-hybridized carbons (Fsp3) is 0.500. The van der Waals surface area contributed by atoms with Crippen LogP contribution in [0, 0.1) is 0 Å². The average molecular weight is 350 g/mol. The fourth-order valence-corrected chi connectivity index (χ4v) is 2.19. The minimum absolute atomic E-state index is 0.151. The van der Waals surface area contributed by atoms with Crippen LogP contribution >= 0.6 is 0 Å². The van der Waals surface area contributed by atoms with Crippen LogP contribution < -0.4 is 5.32 Å². The van der Waals surface area contributed by atoms with Crippen LogP contribution in [0.1, 0.15) is 39.7 Å². The van der Waals surface area contributed by atoms with E-state index >= 15 is 0 Å². The average Bonchev–Trinajstić information content (AvgIpc) is 2.50. The van der Waals surface area contributed by atoms with Crippen molar-refractivity contribution in [1.29, 1.82) is 0 Å². The highest BCUT2D eigenvalue weighted by atomic mass is 16.6. The number of hydrogen-bond donors (Lipinski definition) is 2. The van der Waals surface area contributed by atoms with Crippen LogP contribution in [-0.2, 0) is 20.9 Å². The van der Waals surface area contributed by atoms with Crippen molar-refractivity contribution in [2.45, 2.75) is 52.3 Å². The Morgan fingerprint density at radius 1 is 1.20 bits per heavy atom. The van der Waals surface area contributed by atoms with Crippen molar-refractivity contribution in [2.75, 3.05) is 6.54 Å². The van der Waals surface area contributed by atoms with E-state index in [1.54, 1.807) is 27.7 Å². The third kappa shape index (κ3) is 7.69. The van der Waals surface area contributed by atoms with Crippen LogP contribution in [0.3, 0.4) is 0 Å². The minimum Gasteiger partial charge on any atom is -0.480 e. The summed E-state index contributed by atoms with van der Waals surface area (Å²) in [5.74, 6) is -1.57. The molecule has 7 nitrogen and oxygen atoms in total. The molecule has 1 rings (SSSR count). The lowest BCUT2D eigenvalue weighted by Gasteiger charge is -2.27. The zero-order chi connectivity index (χ0) is 19.0. The molecule has 0 bridgehead atoms. The van der Waals surface area contributed by atoms with Crippen molar-refractivity contribution in [3.8, 4) is 0 Å². The van der Waals surface area contributed by atoms with Gasteiger partial charge in [0.1, 0.15) is 18.2 Å². The van der Waals surface area contributed by atoms with Gasteiger partial charge in [-0.1, -0.05) is 37.3 Å². The molecule has 1 aromatic rings. The van der Waals surface area contributed by atoms with Crippen LogP contribution in [0.15, 0.2) is 30.3 Å². The number of carboxylic acids is 1. The second kappa shape index (κ2) is 9.05. The van der Waals surface area contributed by atoms with Crippen LogP contribution in [0.2, 0.25) is 0 Å². The number of carbonyl (C=O) groups excluding carboxylic acids is 2. The van der Waals surface area contributed by atoms with Gasteiger partial charge in [-0.2, -0.15) is 0 Å². The number of carboxylic acid groups (broad SMARTS) is 1. The van der Waals surface area contributed by atoms with Gasteiger partial charge in [-0.15, -0.1) is 0 Å². The minimum atomic E-state index is -1.11. The molecule has 1 atom stereocenters. The van der Waals surface area contributed by atoms with Crippen molar-refractivity contribution in [3.63, 3.8) is 0 Å². The van der Waals surface area contributed by atoms with Gasteiger partial charge in [0.25, 0.3) is 0 Å². The molecule has 0 saturated heterocycles. The van der Waals surface area contributed by atoms with Gasteiger partial charge in [0.2, 0.25) is 5.91 Å². The summed E-state index contributed by atoms with van der Waals surface area (Å²) in [4.78, 5) is 37.0. The molecule has 0 fully saturated rings. The zero-order valence-electron chi connectivity index (χ0n) is 15.1. The lowest BCUT2D eigenvalue weighted by atomic mass is 10.1. The van der Waals surface area contributed by atoms with Crippen molar-refractivity contribution < 1.29 is 24.2 Å². The molecule has 7 heteroatoms. The lowest BCUT2D eigenvalue weighted by molar-refractivity contribution is -0.145. The number of nitrogens with one attached hydrogen (secondary N) is 1. The first-order valence-electron chi connectivity index (χ1n) is 8.16. The molecule has 1 aromatic carbocycles.